The molecule has 3 rings (SSSR count). The van der Waals surface area contributed by atoms with Gasteiger partial charge >= 0.3 is 0 Å². The van der Waals surface area contributed by atoms with Crippen molar-refractivity contribution >= 4 is 23.2 Å². The third-order valence-corrected chi connectivity index (χ3v) is 5.15. The zero-order chi connectivity index (χ0) is 15.5. The third kappa shape index (κ3) is 3.48. The smallest absolute Gasteiger partial charge is 0.230 e. The summed E-state index contributed by atoms with van der Waals surface area (Å²) >= 11 is 6.11. The summed E-state index contributed by atoms with van der Waals surface area (Å²) in [6.07, 6.45) is 8.91. The molecule has 3 heteroatoms. The summed E-state index contributed by atoms with van der Waals surface area (Å²) in [5.41, 5.74) is 3.76. The molecule has 1 aliphatic heterocycles. The number of hydrogen-bond acceptors (Lipinski definition) is 1. The third-order valence-electron chi connectivity index (χ3n) is 5.00. The molecule has 1 heterocycles. The highest BCUT2D eigenvalue weighted by Crippen LogP contribution is 2.33. The number of carbonyl (C=O) groups excluding carboxylic acids is 1. The first kappa shape index (κ1) is 15.9. The van der Waals surface area contributed by atoms with Crippen LogP contribution in [0.3, 0.4) is 0 Å². The van der Waals surface area contributed by atoms with Gasteiger partial charge in [-0.3, -0.25) is 4.79 Å². The lowest BCUT2D eigenvalue weighted by molar-refractivity contribution is -0.123. The number of benzene rings is 1. The molecule has 0 saturated heterocycles. The second-order valence-corrected chi connectivity index (χ2v) is 7.62. The van der Waals surface area contributed by atoms with Gasteiger partial charge in [-0.1, -0.05) is 31.4 Å². The number of hydrogen-bond donors (Lipinski definition) is 0. The summed E-state index contributed by atoms with van der Waals surface area (Å²) in [7, 11) is 0. The van der Waals surface area contributed by atoms with Gasteiger partial charge in [-0.25, -0.2) is 0 Å². The van der Waals surface area contributed by atoms with Crippen molar-refractivity contribution < 1.29 is 4.79 Å². The molecule has 1 atom stereocenters. The fraction of sp³-hybridized carbons (Fsp3) is 0.632. The van der Waals surface area contributed by atoms with Gasteiger partial charge in [0.15, 0.2) is 0 Å². The van der Waals surface area contributed by atoms with E-state index in [2.05, 4.69) is 23.1 Å². The summed E-state index contributed by atoms with van der Waals surface area (Å²) in [5, 5.41) is 0.154. The van der Waals surface area contributed by atoms with E-state index in [0.717, 1.165) is 44.3 Å². The van der Waals surface area contributed by atoms with E-state index in [4.69, 9.17) is 11.6 Å². The summed E-state index contributed by atoms with van der Waals surface area (Å²) < 4.78 is 0. The molecule has 0 N–H and O–H groups in total. The largest absolute Gasteiger partial charge is 0.312 e. The minimum absolute atomic E-state index is 0.154. The maximum Gasteiger partial charge on any atom is 0.230 e. The van der Waals surface area contributed by atoms with Crippen LogP contribution in [0.25, 0.3) is 0 Å². The highest BCUT2D eigenvalue weighted by atomic mass is 35.5. The van der Waals surface area contributed by atoms with Crippen molar-refractivity contribution in [2.45, 2.75) is 63.7 Å². The average molecular weight is 320 g/mol. The van der Waals surface area contributed by atoms with Gasteiger partial charge in [0.1, 0.15) is 0 Å². The molecule has 1 aromatic rings. The van der Waals surface area contributed by atoms with E-state index in [0.29, 0.717) is 5.91 Å². The van der Waals surface area contributed by atoms with Gasteiger partial charge in [0.05, 0.1) is 0 Å². The first-order valence-corrected chi connectivity index (χ1v) is 9.16. The van der Waals surface area contributed by atoms with E-state index in [1.54, 1.807) is 0 Å². The monoisotopic (exact) mass is 319 g/mol. The van der Waals surface area contributed by atoms with Crippen LogP contribution in [0.15, 0.2) is 18.2 Å². The summed E-state index contributed by atoms with van der Waals surface area (Å²) in [6.45, 7) is 2.91. The number of alkyl halides is 1. The Morgan fingerprint density at radius 1 is 1.27 bits per heavy atom. The molecule has 1 saturated carbocycles. The molecule has 1 aliphatic carbocycles. The van der Waals surface area contributed by atoms with Crippen molar-refractivity contribution in [3.05, 3.63) is 29.3 Å². The molecule has 120 valence electrons. The topological polar surface area (TPSA) is 20.3 Å². The first-order chi connectivity index (χ1) is 10.6. The Kier molecular flexibility index (Phi) is 5.07. The lowest BCUT2D eigenvalue weighted by Gasteiger charge is -2.34. The molecule has 22 heavy (non-hydrogen) atoms. The highest BCUT2D eigenvalue weighted by Gasteiger charge is 2.29. The summed E-state index contributed by atoms with van der Waals surface area (Å²) in [5.74, 6) is 0.612. The zero-order valence-electron chi connectivity index (χ0n) is 13.5. The lowest BCUT2D eigenvalue weighted by Crippen LogP contribution is -2.40. The van der Waals surface area contributed by atoms with E-state index in [1.807, 2.05) is 6.92 Å². The van der Waals surface area contributed by atoms with Crippen molar-refractivity contribution in [3.63, 3.8) is 0 Å². The van der Waals surface area contributed by atoms with Gasteiger partial charge in [0, 0.05) is 23.5 Å². The maximum absolute atomic E-state index is 12.9. The number of anilines is 1. The summed E-state index contributed by atoms with van der Waals surface area (Å²) in [6, 6.07) is 6.54. The normalized spacial score (nSPS) is 20.5. The van der Waals surface area contributed by atoms with Crippen LogP contribution in [0.4, 0.5) is 5.69 Å². The van der Waals surface area contributed by atoms with Crippen LogP contribution in [-0.4, -0.2) is 17.8 Å². The van der Waals surface area contributed by atoms with Crippen LogP contribution >= 0.6 is 11.6 Å². The molecule has 1 aromatic carbocycles. The molecule has 0 aromatic heterocycles. The number of halogens is 1. The van der Waals surface area contributed by atoms with Crippen molar-refractivity contribution in [1.29, 1.82) is 0 Å². The molecular formula is C19H26ClNO. The molecule has 0 spiro atoms. The van der Waals surface area contributed by atoms with Gasteiger partial charge in [0.2, 0.25) is 5.91 Å². The molecule has 0 bridgehead atoms. The Hall–Kier alpha value is -1.02. The van der Waals surface area contributed by atoms with Crippen LogP contribution in [-0.2, 0) is 17.6 Å². The van der Waals surface area contributed by atoms with E-state index >= 15 is 0 Å². The Bertz CT molecular complexity index is 534. The van der Waals surface area contributed by atoms with Gasteiger partial charge in [-0.15, -0.1) is 11.6 Å². The fourth-order valence-corrected chi connectivity index (χ4v) is 4.08. The van der Waals surface area contributed by atoms with E-state index in [1.165, 1.54) is 30.4 Å². The Labute approximate surface area is 138 Å². The number of rotatable bonds is 3. The fourth-order valence-electron chi connectivity index (χ4n) is 3.90. The maximum atomic E-state index is 12.9. The van der Waals surface area contributed by atoms with Crippen molar-refractivity contribution in [2.24, 2.45) is 5.92 Å². The van der Waals surface area contributed by atoms with E-state index < -0.39 is 0 Å². The molecular weight excluding hydrogens is 294 g/mol. The average Bonchev–Trinajstić information content (AvgIpc) is 2.53. The van der Waals surface area contributed by atoms with Crippen molar-refractivity contribution in [3.8, 4) is 0 Å². The predicted molar refractivity (Wildman–Crippen MR) is 92.7 cm³/mol. The minimum atomic E-state index is 0.154. The minimum Gasteiger partial charge on any atom is -0.312 e. The van der Waals surface area contributed by atoms with E-state index in [9.17, 15) is 4.79 Å². The van der Waals surface area contributed by atoms with Gasteiger partial charge in [0.25, 0.3) is 0 Å². The molecule has 2 aliphatic rings. The van der Waals surface area contributed by atoms with Crippen molar-refractivity contribution in [1.82, 2.24) is 0 Å². The van der Waals surface area contributed by atoms with Crippen LogP contribution in [0.1, 0.15) is 56.6 Å². The Morgan fingerprint density at radius 3 is 2.77 bits per heavy atom. The number of nitrogens with zero attached hydrogens (tertiary/aromatic N) is 1. The second-order valence-electron chi connectivity index (χ2n) is 6.88. The van der Waals surface area contributed by atoms with Crippen LogP contribution in [0.5, 0.6) is 0 Å². The van der Waals surface area contributed by atoms with E-state index in [-0.39, 0.29) is 11.3 Å². The van der Waals surface area contributed by atoms with Gasteiger partial charge in [-0.05, 0) is 56.2 Å². The molecule has 1 fully saturated rings. The Morgan fingerprint density at radius 2 is 2.05 bits per heavy atom. The SMILES string of the molecule is CC(Cl)Cc1ccc2c(c1)CCCN2C(=O)C1CCCCC1. The Balaban J connectivity index is 1.80. The molecule has 1 unspecified atom stereocenters. The first-order valence-electron chi connectivity index (χ1n) is 8.72. The standard InChI is InChI=1S/C19H26ClNO/c1-14(20)12-15-9-10-18-17(13-15)8-5-11-21(18)19(22)16-6-3-2-4-7-16/h9-10,13-14,16H,2-8,11-12H2,1H3. The van der Waals surface area contributed by atoms with Gasteiger partial charge in [-0.2, -0.15) is 0 Å². The number of aryl methyl sites for hydroxylation is 1. The number of amides is 1. The molecule has 1 amide bonds. The quantitative estimate of drug-likeness (QED) is 0.738. The zero-order valence-corrected chi connectivity index (χ0v) is 14.2. The lowest BCUT2D eigenvalue weighted by atomic mass is 9.87. The molecule has 2 nitrogen and oxygen atoms in total. The second kappa shape index (κ2) is 7.04. The van der Waals surface area contributed by atoms with Crippen LogP contribution in [0, 0.1) is 5.92 Å². The van der Waals surface area contributed by atoms with Crippen molar-refractivity contribution in [2.75, 3.05) is 11.4 Å². The van der Waals surface area contributed by atoms with Crippen LogP contribution < -0.4 is 4.90 Å². The van der Waals surface area contributed by atoms with Gasteiger partial charge < -0.3 is 4.90 Å². The number of fused-ring (bicyclic) bond motifs is 1. The van der Waals surface area contributed by atoms with Crippen LogP contribution in [0.2, 0.25) is 0 Å². The molecule has 0 radical (unpaired) electrons. The summed E-state index contributed by atoms with van der Waals surface area (Å²) in [4.78, 5) is 14.9. The number of carbonyl (C=O) groups is 1. The predicted octanol–water partition coefficient (Wildman–Crippen LogP) is 4.72. The highest BCUT2D eigenvalue weighted by molar-refractivity contribution is 6.20.